The molecule has 1 aliphatic heterocycles. The second-order valence-electron chi connectivity index (χ2n) is 6.63. The molecule has 2 nitrogen and oxygen atoms in total. The fourth-order valence-corrected chi connectivity index (χ4v) is 3.49. The summed E-state index contributed by atoms with van der Waals surface area (Å²) in [5.41, 5.74) is 5.12. The van der Waals surface area contributed by atoms with Crippen LogP contribution in [0.5, 0.6) is 0 Å². The second kappa shape index (κ2) is 6.94. The fraction of sp³-hybridized carbons (Fsp3) is 0.174. The minimum atomic E-state index is 0.114. The molecule has 0 radical (unpaired) electrons. The quantitative estimate of drug-likeness (QED) is 0.715. The molecular formula is C23H22N2. The summed E-state index contributed by atoms with van der Waals surface area (Å²) >= 11 is 0. The first kappa shape index (κ1) is 15.6. The average molecular weight is 326 g/mol. The number of aliphatic imine (C=N–C) groups is 1. The van der Waals surface area contributed by atoms with Crippen LogP contribution in [-0.2, 0) is 6.42 Å². The van der Waals surface area contributed by atoms with Gasteiger partial charge in [-0.1, -0.05) is 90.5 Å². The molecule has 4 rings (SSSR count). The van der Waals surface area contributed by atoms with Gasteiger partial charge in [-0.05, 0) is 23.6 Å². The fourth-order valence-electron chi connectivity index (χ4n) is 3.49. The SMILES string of the molecule is Cc1cccc(CC2=NC(c3ccccc3)C(c3ccccc3)N2)c1. The number of hydrogen-bond acceptors (Lipinski definition) is 2. The van der Waals surface area contributed by atoms with Crippen LogP contribution in [-0.4, -0.2) is 5.84 Å². The monoisotopic (exact) mass is 326 g/mol. The third kappa shape index (κ3) is 3.48. The molecule has 0 saturated carbocycles. The van der Waals surface area contributed by atoms with E-state index in [1.165, 1.54) is 22.3 Å². The maximum absolute atomic E-state index is 5.05. The predicted octanol–water partition coefficient (Wildman–Crippen LogP) is 5.02. The van der Waals surface area contributed by atoms with Gasteiger partial charge in [0.2, 0.25) is 0 Å². The average Bonchev–Trinajstić information content (AvgIpc) is 3.07. The van der Waals surface area contributed by atoms with E-state index < -0.39 is 0 Å². The van der Waals surface area contributed by atoms with Crippen molar-refractivity contribution in [1.82, 2.24) is 5.32 Å². The Morgan fingerprint density at radius 1 is 0.800 bits per heavy atom. The molecule has 1 heterocycles. The zero-order valence-electron chi connectivity index (χ0n) is 14.4. The number of rotatable bonds is 4. The molecule has 2 atom stereocenters. The van der Waals surface area contributed by atoms with E-state index >= 15 is 0 Å². The van der Waals surface area contributed by atoms with E-state index in [-0.39, 0.29) is 12.1 Å². The van der Waals surface area contributed by atoms with Crippen LogP contribution in [0.25, 0.3) is 0 Å². The largest absolute Gasteiger partial charge is 0.364 e. The van der Waals surface area contributed by atoms with Crippen molar-refractivity contribution < 1.29 is 0 Å². The Labute approximate surface area is 149 Å². The number of nitrogens with zero attached hydrogens (tertiary/aromatic N) is 1. The van der Waals surface area contributed by atoms with Crippen molar-refractivity contribution in [2.75, 3.05) is 0 Å². The van der Waals surface area contributed by atoms with Crippen LogP contribution >= 0.6 is 0 Å². The van der Waals surface area contributed by atoms with Crippen molar-refractivity contribution in [3.8, 4) is 0 Å². The van der Waals surface area contributed by atoms with E-state index in [9.17, 15) is 0 Å². The minimum Gasteiger partial charge on any atom is -0.364 e. The van der Waals surface area contributed by atoms with E-state index in [0.717, 1.165) is 12.3 Å². The highest BCUT2D eigenvalue weighted by Gasteiger charge is 2.30. The second-order valence-corrected chi connectivity index (χ2v) is 6.63. The Balaban J connectivity index is 1.65. The number of benzene rings is 3. The highest BCUT2D eigenvalue weighted by molar-refractivity contribution is 5.87. The molecule has 1 N–H and O–H groups in total. The lowest BCUT2D eigenvalue weighted by Gasteiger charge is -2.19. The van der Waals surface area contributed by atoms with Crippen LogP contribution in [0.1, 0.15) is 34.3 Å². The summed E-state index contributed by atoms with van der Waals surface area (Å²) in [6, 6.07) is 30.1. The minimum absolute atomic E-state index is 0.114. The van der Waals surface area contributed by atoms with Crippen LogP contribution < -0.4 is 5.32 Å². The molecule has 0 aromatic heterocycles. The molecule has 0 spiro atoms. The highest BCUT2D eigenvalue weighted by Crippen LogP contribution is 2.36. The summed E-state index contributed by atoms with van der Waals surface area (Å²) in [4.78, 5) is 5.05. The lowest BCUT2D eigenvalue weighted by Crippen LogP contribution is -2.25. The van der Waals surface area contributed by atoms with Gasteiger partial charge in [-0.2, -0.15) is 0 Å². The first-order valence-electron chi connectivity index (χ1n) is 8.78. The Bertz CT molecular complexity index is 869. The van der Waals surface area contributed by atoms with Gasteiger partial charge in [0.25, 0.3) is 0 Å². The molecule has 2 heteroatoms. The molecule has 2 unspecified atom stereocenters. The summed E-state index contributed by atoms with van der Waals surface area (Å²) in [6.07, 6.45) is 0.842. The molecule has 0 fully saturated rings. The van der Waals surface area contributed by atoms with Gasteiger partial charge in [0, 0.05) is 6.42 Å². The van der Waals surface area contributed by atoms with E-state index in [2.05, 4.69) is 97.2 Å². The maximum Gasteiger partial charge on any atom is 0.102 e. The van der Waals surface area contributed by atoms with Gasteiger partial charge in [0.15, 0.2) is 0 Å². The van der Waals surface area contributed by atoms with Gasteiger partial charge in [-0.15, -0.1) is 0 Å². The van der Waals surface area contributed by atoms with Crippen molar-refractivity contribution in [2.24, 2.45) is 4.99 Å². The molecule has 0 bridgehead atoms. The van der Waals surface area contributed by atoms with Gasteiger partial charge in [0.1, 0.15) is 11.9 Å². The van der Waals surface area contributed by atoms with E-state index in [1.807, 2.05) is 0 Å². The number of amidine groups is 1. The highest BCUT2D eigenvalue weighted by atomic mass is 15.1. The van der Waals surface area contributed by atoms with Crippen LogP contribution in [0.2, 0.25) is 0 Å². The molecule has 124 valence electrons. The van der Waals surface area contributed by atoms with E-state index in [0.29, 0.717) is 0 Å². The lowest BCUT2D eigenvalue weighted by molar-refractivity contribution is 0.572. The van der Waals surface area contributed by atoms with Crippen molar-refractivity contribution in [2.45, 2.75) is 25.4 Å². The van der Waals surface area contributed by atoms with Crippen molar-refractivity contribution in [1.29, 1.82) is 0 Å². The standard InChI is InChI=1S/C23H22N2/c1-17-9-8-10-18(15-17)16-21-24-22(19-11-4-2-5-12-19)23(25-21)20-13-6-3-7-14-20/h2-15,22-23H,16H2,1H3,(H,24,25). The summed E-state index contributed by atoms with van der Waals surface area (Å²) in [6.45, 7) is 2.13. The molecule has 3 aromatic carbocycles. The van der Waals surface area contributed by atoms with Crippen LogP contribution in [0, 0.1) is 6.92 Å². The number of nitrogens with one attached hydrogen (secondary N) is 1. The van der Waals surface area contributed by atoms with Gasteiger partial charge < -0.3 is 5.32 Å². The summed E-state index contributed by atoms with van der Waals surface area (Å²) in [5.74, 6) is 1.06. The van der Waals surface area contributed by atoms with Gasteiger partial charge in [0.05, 0.1) is 6.04 Å². The van der Waals surface area contributed by atoms with Crippen LogP contribution in [0.4, 0.5) is 0 Å². The van der Waals surface area contributed by atoms with E-state index in [4.69, 9.17) is 4.99 Å². The molecule has 1 aliphatic rings. The Kier molecular flexibility index (Phi) is 4.34. The summed E-state index contributed by atoms with van der Waals surface area (Å²) < 4.78 is 0. The topological polar surface area (TPSA) is 24.4 Å². The van der Waals surface area contributed by atoms with Gasteiger partial charge >= 0.3 is 0 Å². The normalized spacial score (nSPS) is 19.3. The van der Waals surface area contributed by atoms with Gasteiger partial charge in [-0.3, -0.25) is 4.99 Å². The summed E-state index contributed by atoms with van der Waals surface area (Å²) in [7, 11) is 0. The Morgan fingerprint density at radius 2 is 1.48 bits per heavy atom. The van der Waals surface area contributed by atoms with E-state index in [1.54, 1.807) is 0 Å². The lowest BCUT2D eigenvalue weighted by atomic mass is 9.95. The third-order valence-corrected chi connectivity index (χ3v) is 4.69. The molecule has 0 amide bonds. The maximum atomic E-state index is 5.05. The number of aryl methyl sites for hydroxylation is 1. The smallest absolute Gasteiger partial charge is 0.102 e. The van der Waals surface area contributed by atoms with Gasteiger partial charge in [-0.25, -0.2) is 0 Å². The Hall–Kier alpha value is -2.87. The third-order valence-electron chi connectivity index (χ3n) is 4.69. The van der Waals surface area contributed by atoms with Crippen LogP contribution in [0.15, 0.2) is 89.9 Å². The Morgan fingerprint density at radius 3 is 2.16 bits per heavy atom. The molecular weight excluding hydrogens is 304 g/mol. The molecule has 0 saturated heterocycles. The van der Waals surface area contributed by atoms with Crippen molar-refractivity contribution in [3.63, 3.8) is 0 Å². The zero-order valence-corrected chi connectivity index (χ0v) is 14.4. The first-order chi connectivity index (χ1) is 12.3. The predicted molar refractivity (Wildman–Crippen MR) is 104 cm³/mol. The first-order valence-corrected chi connectivity index (χ1v) is 8.78. The molecule has 0 aliphatic carbocycles. The molecule has 3 aromatic rings. The zero-order chi connectivity index (χ0) is 17.1. The van der Waals surface area contributed by atoms with Crippen molar-refractivity contribution in [3.05, 3.63) is 107 Å². The molecule has 25 heavy (non-hydrogen) atoms. The number of hydrogen-bond donors (Lipinski definition) is 1. The summed E-state index contributed by atoms with van der Waals surface area (Å²) in [5, 5.41) is 3.67. The van der Waals surface area contributed by atoms with Crippen molar-refractivity contribution >= 4 is 5.84 Å². The van der Waals surface area contributed by atoms with Crippen LogP contribution in [0.3, 0.4) is 0 Å².